The Hall–Kier alpha value is -2.24. The van der Waals surface area contributed by atoms with E-state index in [0.717, 1.165) is 6.07 Å². The second kappa shape index (κ2) is 4.79. The first-order valence-electron chi connectivity index (χ1n) is 5.20. The van der Waals surface area contributed by atoms with Gasteiger partial charge in [0.1, 0.15) is 5.82 Å². The highest BCUT2D eigenvalue weighted by atomic mass is 19.4. The van der Waals surface area contributed by atoms with E-state index in [1.165, 1.54) is 24.5 Å². The van der Waals surface area contributed by atoms with E-state index in [4.69, 9.17) is 0 Å². The zero-order chi connectivity index (χ0) is 14.0. The van der Waals surface area contributed by atoms with Crippen molar-refractivity contribution in [2.45, 2.75) is 6.18 Å². The molecule has 2 rings (SSSR count). The Balaban J connectivity index is 2.46. The Kier molecular flexibility index (Phi) is 3.33. The third-order valence-electron chi connectivity index (χ3n) is 2.41. The monoisotopic (exact) mass is 269 g/mol. The van der Waals surface area contributed by atoms with E-state index in [1.807, 2.05) is 0 Å². The van der Waals surface area contributed by atoms with Gasteiger partial charge in [-0.3, -0.25) is 9.78 Å². The van der Waals surface area contributed by atoms with Crippen LogP contribution >= 0.6 is 0 Å². The van der Waals surface area contributed by atoms with Crippen LogP contribution in [0.5, 0.6) is 0 Å². The van der Waals surface area contributed by atoms with Gasteiger partial charge >= 0.3 is 6.18 Å². The Bertz CT molecular complexity index is 608. The van der Waals surface area contributed by atoms with Crippen LogP contribution in [0.1, 0.15) is 21.5 Å². The first-order valence-corrected chi connectivity index (χ1v) is 5.20. The summed E-state index contributed by atoms with van der Waals surface area (Å²) in [5, 5.41) is 0. The van der Waals surface area contributed by atoms with Gasteiger partial charge in [0.2, 0.25) is 0 Å². The zero-order valence-electron chi connectivity index (χ0n) is 9.41. The number of benzene rings is 1. The maximum atomic E-state index is 13.2. The number of aromatic nitrogens is 1. The molecule has 0 aliphatic heterocycles. The lowest BCUT2D eigenvalue weighted by molar-refractivity contribution is -0.137. The average Bonchev–Trinajstić information content (AvgIpc) is 2.37. The predicted octanol–water partition coefficient (Wildman–Crippen LogP) is 3.47. The number of rotatable bonds is 2. The number of halogens is 4. The summed E-state index contributed by atoms with van der Waals surface area (Å²) in [6, 6.07) is 4.60. The molecule has 0 spiro atoms. The normalized spacial score (nSPS) is 11.4. The van der Waals surface area contributed by atoms with E-state index in [2.05, 4.69) is 4.98 Å². The predicted molar refractivity (Wildman–Crippen MR) is 59.1 cm³/mol. The minimum absolute atomic E-state index is 0.0984. The molecule has 19 heavy (non-hydrogen) atoms. The van der Waals surface area contributed by atoms with Gasteiger partial charge in [0, 0.05) is 23.5 Å². The lowest BCUT2D eigenvalue weighted by Gasteiger charge is -2.08. The van der Waals surface area contributed by atoms with Gasteiger partial charge in [-0.05, 0) is 30.3 Å². The lowest BCUT2D eigenvalue weighted by Crippen LogP contribution is -2.09. The summed E-state index contributed by atoms with van der Waals surface area (Å²) in [6.45, 7) is 0. The molecule has 1 aromatic heterocycles. The van der Waals surface area contributed by atoms with Crippen LogP contribution in [0.4, 0.5) is 17.6 Å². The molecule has 0 atom stereocenters. The van der Waals surface area contributed by atoms with Gasteiger partial charge in [-0.15, -0.1) is 0 Å². The molecular formula is C13H7F4NO. The second-order valence-corrected chi connectivity index (χ2v) is 3.80. The number of carbonyl (C=O) groups excluding carboxylic acids is 1. The molecule has 0 aliphatic carbocycles. The Morgan fingerprint density at radius 2 is 1.84 bits per heavy atom. The second-order valence-electron chi connectivity index (χ2n) is 3.80. The third-order valence-corrected chi connectivity index (χ3v) is 2.41. The van der Waals surface area contributed by atoms with E-state index < -0.39 is 23.3 Å². The summed E-state index contributed by atoms with van der Waals surface area (Å²) in [5.74, 6) is -1.82. The summed E-state index contributed by atoms with van der Waals surface area (Å²) in [5.41, 5.74) is -1.46. The van der Waals surface area contributed by atoms with Crippen molar-refractivity contribution < 1.29 is 22.4 Å². The minimum Gasteiger partial charge on any atom is -0.289 e. The molecule has 1 heterocycles. The minimum atomic E-state index is -4.70. The summed E-state index contributed by atoms with van der Waals surface area (Å²) >= 11 is 0. The van der Waals surface area contributed by atoms with Crippen molar-refractivity contribution in [3.05, 3.63) is 65.2 Å². The van der Waals surface area contributed by atoms with Crippen LogP contribution in [0.25, 0.3) is 0 Å². The van der Waals surface area contributed by atoms with E-state index in [-0.39, 0.29) is 11.1 Å². The van der Waals surface area contributed by atoms with Crippen molar-refractivity contribution in [3.8, 4) is 0 Å². The number of ketones is 1. The molecule has 0 fully saturated rings. The van der Waals surface area contributed by atoms with Gasteiger partial charge in [-0.1, -0.05) is 0 Å². The Labute approximate surface area is 105 Å². The molecule has 0 bridgehead atoms. The van der Waals surface area contributed by atoms with Crippen molar-refractivity contribution in [1.82, 2.24) is 4.98 Å². The third kappa shape index (κ3) is 2.96. The fraction of sp³-hybridized carbons (Fsp3) is 0.0769. The molecule has 0 aliphatic rings. The maximum Gasteiger partial charge on any atom is 0.416 e. The highest BCUT2D eigenvalue weighted by Crippen LogP contribution is 2.30. The van der Waals surface area contributed by atoms with Crippen molar-refractivity contribution in [3.63, 3.8) is 0 Å². The molecule has 0 amide bonds. The van der Waals surface area contributed by atoms with Gasteiger partial charge in [-0.25, -0.2) is 4.39 Å². The fourth-order valence-electron chi connectivity index (χ4n) is 1.55. The summed E-state index contributed by atoms with van der Waals surface area (Å²) in [6.07, 6.45) is -2.07. The van der Waals surface area contributed by atoms with Crippen molar-refractivity contribution in [2.24, 2.45) is 0 Å². The average molecular weight is 269 g/mol. The molecule has 1 aromatic carbocycles. The SMILES string of the molecule is O=C(c1cccnc1)c1cc(F)cc(C(F)(F)F)c1. The first-order chi connectivity index (χ1) is 8.88. The van der Waals surface area contributed by atoms with Crippen LogP contribution in [0.2, 0.25) is 0 Å². The van der Waals surface area contributed by atoms with Crippen LogP contribution in [0.15, 0.2) is 42.7 Å². The number of carbonyl (C=O) groups is 1. The van der Waals surface area contributed by atoms with Crippen molar-refractivity contribution in [2.75, 3.05) is 0 Å². The van der Waals surface area contributed by atoms with Crippen LogP contribution in [0, 0.1) is 5.82 Å². The van der Waals surface area contributed by atoms with Gasteiger partial charge < -0.3 is 0 Å². The molecule has 6 heteroatoms. The van der Waals surface area contributed by atoms with Crippen molar-refractivity contribution >= 4 is 5.78 Å². The highest BCUT2D eigenvalue weighted by molar-refractivity contribution is 6.08. The molecule has 0 saturated carbocycles. The Morgan fingerprint density at radius 1 is 1.11 bits per heavy atom. The van der Waals surface area contributed by atoms with E-state index in [1.54, 1.807) is 0 Å². The summed E-state index contributed by atoms with van der Waals surface area (Å²) in [4.78, 5) is 15.6. The number of hydrogen-bond donors (Lipinski definition) is 0. The number of hydrogen-bond acceptors (Lipinski definition) is 2. The Morgan fingerprint density at radius 3 is 2.42 bits per heavy atom. The topological polar surface area (TPSA) is 30.0 Å². The largest absolute Gasteiger partial charge is 0.416 e. The first kappa shape index (κ1) is 13.2. The van der Waals surface area contributed by atoms with Gasteiger partial charge in [0.15, 0.2) is 5.78 Å². The van der Waals surface area contributed by atoms with Gasteiger partial charge in [0.05, 0.1) is 5.56 Å². The number of pyridine rings is 1. The van der Waals surface area contributed by atoms with Crippen molar-refractivity contribution in [1.29, 1.82) is 0 Å². The number of alkyl halides is 3. The molecule has 0 unspecified atom stereocenters. The van der Waals surface area contributed by atoms with E-state index in [9.17, 15) is 22.4 Å². The van der Waals surface area contributed by atoms with Crippen LogP contribution in [-0.4, -0.2) is 10.8 Å². The number of nitrogens with zero attached hydrogens (tertiary/aromatic N) is 1. The molecular weight excluding hydrogens is 262 g/mol. The summed E-state index contributed by atoms with van der Waals surface area (Å²) < 4.78 is 50.7. The highest BCUT2D eigenvalue weighted by Gasteiger charge is 2.32. The smallest absolute Gasteiger partial charge is 0.289 e. The van der Waals surface area contributed by atoms with Gasteiger partial charge in [-0.2, -0.15) is 13.2 Å². The van der Waals surface area contributed by atoms with Gasteiger partial charge in [0.25, 0.3) is 0 Å². The zero-order valence-corrected chi connectivity index (χ0v) is 9.41. The van der Waals surface area contributed by atoms with E-state index in [0.29, 0.717) is 12.1 Å². The molecule has 0 radical (unpaired) electrons. The van der Waals surface area contributed by atoms with Crippen LogP contribution in [0.3, 0.4) is 0 Å². The molecule has 98 valence electrons. The summed E-state index contributed by atoms with van der Waals surface area (Å²) in [7, 11) is 0. The fourth-order valence-corrected chi connectivity index (χ4v) is 1.55. The van der Waals surface area contributed by atoms with Crippen LogP contribution < -0.4 is 0 Å². The maximum absolute atomic E-state index is 13.2. The molecule has 2 nitrogen and oxygen atoms in total. The standard InChI is InChI=1S/C13H7F4NO/c14-11-5-9(4-10(6-11)13(15,16)17)12(19)8-2-1-3-18-7-8/h1-7H. The molecule has 0 saturated heterocycles. The van der Waals surface area contributed by atoms with Crippen LogP contribution in [-0.2, 0) is 6.18 Å². The van der Waals surface area contributed by atoms with E-state index >= 15 is 0 Å². The molecule has 0 N–H and O–H groups in total. The molecule has 2 aromatic rings. The quantitative estimate of drug-likeness (QED) is 0.617. The lowest BCUT2D eigenvalue weighted by atomic mass is 10.0.